The average Bonchev–Trinajstić information content (AvgIpc) is 2.61. The van der Waals surface area contributed by atoms with Crippen LogP contribution in [0.1, 0.15) is 27.8 Å². The second-order valence-corrected chi connectivity index (χ2v) is 5.31. The SMILES string of the molecule is C[C@H](OC(=O)c1ccc2ccccc2n1)C(=O)c1ccc(F)cc1. The van der Waals surface area contributed by atoms with Crippen LogP contribution in [0.4, 0.5) is 4.39 Å². The van der Waals surface area contributed by atoms with Crippen LogP contribution in [-0.4, -0.2) is 22.8 Å². The number of benzene rings is 2. The average molecular weight is 323 g/mol. The molecule has 0 fully saturated rings. The van der Waals surface area contributed by atoms with Crippen molar-refractivity contribution in [3.05, 3.63) is 77.7 Å². The smallest absolute Gasteiger partial charge is 0.357 e. The number of carbonyl (C=O) groups excluding carboxylic acids is 2. The van der Waals surface area contributed by atoms with Gasteiger partial charge in [-0.25, -0.2) is 14.2 Å². The molecule has 0 aliphatic heterocycles. The van der Waals surface area contributed by atoms with Gasteiger partial charge in [-0.15, -0.1) is 0 Å². The number of halogens is 1. The fourth-order valence-corrected chi connectivity index (χ4v) is 2.30. The first-order chi connectivity index (χ1) is 11.5. The van der Waals surface area contributed by atoms with Gasteiger partial charge in [0.1, 0.15) is 11.5 Å². The lowest BCUT2D eigenvalue weighted by atomic mass is 10.1. The standard InChI is InChI=1S/C19H14FNO3/c1-12(18(22)14-6-9-15(20)10-7-14)24-19(23)17-11-8-13-4-2-3-5-16(13)21-17/h2-12H,1H3/t12-/m0/s1. The van der Waals surface area contributed by atoms with Gasteiger partial charge in [0.05, 0.1) is 5.52 Å². The van der Waals surface area contributed by atoms with Crippen LogP contribution in [0, 0.1) is 5.82 Å². The van der Waals surface area contributed by atoms with E-state index in [1.54, 1.807) is 18.2 Å². The molecule has 0 radical (unpaired) electrons. The van der Waals surface area contributed by atoms with Crippen molar-refractivity contribution in [1.29, 1.82) is 0 Å². The van der Waals surface area contributed by atoms with Gasteiger partial charge in [0.2, 0.25) is 5.78 Å². The quantitative estimate of drug-likeness (QED) is 0.541. The summed E-state index contributed by atoms with van der Waals surface area (Å²) in [6, 6.07) is 15.8. The van der Waals surface area contributed by atoms with Crippen molar-refractivity contribution >= 4 is 22.7 Å². The Morgan fingerprint density at radius 2 is 1.71 bits per heavy atom. The van der Waals surface area contributed by atoms with Crippen molar-refractivity contribution in [3.8, 4) is 0 Å². The number of rotatable bonds is 4. The normalized spacial score (nSPS) is 11.9. The Kier molecular flexibility index (Phi) is 4.33. The molecule has 5 heteroatoms. The predicted molar refractivity (Wildman–Crippen MR) is 87.4 cm³/mol. The highest BCUT2D eigenvalue weighted by molar-refractivity contribution is 6.01. The molecular formula is C19H14FNO3. The molecule has 1 aromatic heterocycles. The first-order valence-electron chi connectivity index (χ1n) is 7.41. The van der Waals surface area contributed by atoms with E-state index in [2.05, 4.69) is 4.98 Å². The second-order valence-electron chi connectivity index (χ2n) is 5.31. The van der Waals surface area contributed by atoms with Gasteiger partial charge in [0.25, 0.3) is 0 Å². The molecule has 0 aliphatic rings. The Morgan fingerprint density at radius 3 is 2.46 bits per heavy atom. The van der Waals surface area contributed by atoms with Crippen LogP contribution in [0.15, 0.2) is 60.7 Å². The number of pyridine rings is 1. The minimum atomic E-state index is -0.990. The Labute approximate surface area is 137 Å². The third kappa shape index (κ3) is 3.30. The number of ether oxygens (including phenoxy) is 1. The van der Waals surface area contributed by atoms with Gasteiger partial charge >= 0.3 is 5.97 Å². The maximum absolute atomic E-state index is 12.9. The number of nitrogens with zero attached hydrogens (tertiary/aromatic N) is 1. The Bertz CT molecular complexity index is 906. The summed E-state index contributed by atoms with van der Waals surface area (Å²) in [5.74, 6) is -1.51. The zero-order valence-electron chi connectivity index (χ0n) is 12.9. The van der Waals surface area contributed by atoms with E-state index in [4.69, 9.17) is 4.74 Å². The lowest BCUT2D eigenvalue weighted by Crippen LogP contribution is -2.24. The number of hydrogen-bond donors (Lipinski definition) is 0. The molecule has 0 bridgehead atoms. The summed E-state index contributed by atoms with van der Waals surface area (Å²) in [6.07, 6.45) is -0.990. The van der Waals surface area contributed by atoms with E-state index in [0.717, 1.165) is 5.39 Å². The maximum Gasteiger partial charge on any atom is 0.357 e. The highest BCUT2D eigenvalue weighted by Crippen LogP contribution is 2.14. The zero-order chi connectivity index (χ0) is 17.1. The minimum Gasteiger partial charge on any atom is -0.450 e. The van der Waals surface area contributed by atoms with Gasteiger partial charge in [-0.1, -0.05) is 24.3 Å². The molecule has 1 heterocycles. The summed E-state index contributed by atoms with van der Waals surface area (Å²) in [7, 11) is 0. The summed E-state index contributed by atoms with van der Waals surface area (Å²) < 4.78 is 18.1. The van der Waals surface area contributed by atoms with Gasteiger partial charge in [0, 0.05) is 10.9 Å². The van der Waals surface area contributed by atoms with E-state index >= 15 is 0 Å². The second kappa shape index (κ2) is 6.58. The van der Waals surface area contributed by atoms with Crippen LogP contribution in [0.3, 0.4) is 0 Å². The van der Waals surface area contributed by atoms with Crippen molar-refractivity contribution in [2.45, 2.75) is 13.0 Å². The monoisotopic (exact) mass is 323 g/mol. The zero-order valence-corrected chi connectivity index (χ0v) is 12.9. The Balaban J connectivity index is 1.75. The Hall–Kier alpha value is -3.08. The van der Waals surface area contributed by atoms with E-state index in [0.29, 0.717) is 5.52 Å². The number of hydrogen-bond acceptors (Lipinski definition) is 4. The number of ketones is 1. The van der Waals surface area contributed by atoms with Gasteiger partial charge in [-0.3, -0.25) is 4.79 Å². The van der Waals surface area contributed by atoms with E-state index in [-0.39, 0.29) is 11.3 Å². The van der Waals surface area contributed by atoms with Gasteiger partial charge in [-0.2, -0.15) is 0 Å². The fraction of sp³-hybridized carbons (Fsp3) is 0.105. The third-order valence-corrected chi connectivity index (χ3v) is 3.59. The third-order valence-electron chi connectivity index (χ3n) is 3.59. The molecule has 0 spiro atoms. The summed E-state index contributed by atoms with van der Waals surface area (Å²) in [6.45, 7) is 1.48. The largest absolute Gasteiger partial charge is 0.450 e. The molecule has 0 unspecified atom stereocenters. The van der Waals surface area contributed by atoms with Gasteiger partial charge in [-0.05, 0) is 43.3 Å². The van der Waals surface area contributed by atoms with E-state index < -0.39 is 23.7 Å². The van der Waals surface area contributed by atoms with Gasteiger partial charge < -0.3 is 4.74 Å². The van der Waals surface area contributed by atoms with Crippen molar-refractivity contribution in [3.63, 3.8) is 0 Å². The predicted octanol–water partition coefficient (Wildman–Crippen LogP) is 3.80. The summed E-state index contributed by atoms with van der Waals surface area (Å²) in [5, 5.41) is 0.907. The highest BCUT2D eigenvalue weighted by Gasteiger charge is 2.21. The molecule has 3 rings (SSSR count). The van der Waals surface area contributed by atoms with Crippen molar-refractivity contribution < 1.29 is 18.7 Å². The van der Waals surface area contributed by atoms with E-state index in [1.807, 2.05) is 18.2 Å². The molecule has 4 nitrogen and oxygen atoms in total. The first kappa shape index (κ1) is 15.8. The summed E-state index contributed by atoms with van der Waals surface area (Å²) >= 11 is 0. The summed E-state index contributed by atoms with van der Waals surface area (Å²) in [4.78, 5) is 28.6. The molecule has 120 valence electrons. The topological polar surface area (TPSA) is 56.3 Å². The van der Waals surface area contributed by atoms with Crippen LogP contribution in [0.25, 0.3) is 10.9 Å². The van der Waals surface area contributed by atoms with Crippen LogP contribution in [-0.2, 0) is 4.74 Å². The maximum atomic E-state index is 12.9. The molecule has 0 saturated heterocycles. The molecule has 1 atom stereocenters. The molecule has 0 amide bonds. The van der Waals surface area contributed by atoms with E-state index in [9.17, 15) is 14.0 Å². The number of fused-ring (bicyclic) bond motifs is 1. The lowest BCUT2D eigenvalue weighted by molar-refractivity contribution is 0.0313. The highest BCUT2D eigenvalue weighted by atomic mass is 19.1. The molecular weight excluding hydrogens is 309 g/mol. The molecule has 0 N–H and O–H groups in total. The number of esters is 1. The number of carbonyl (C=O) groups is 2. The minimum absolute atomic E-state index is 0.132. The molecule has 0 aliphatic carbocycles. The van der Waals surface area contributed by atoms with Crippen molar-refractivity contribution in [2.24, 2.45) is 0 Å². The van der Waals surface area contributed by atoms with Crippen molar-refractivity contribution in [2.75, 3.05) is 0 Å². The lowest BCUT2D eigenvalue weighted by Gasteiger charge is -2.12. The fourth-order valence-electron chi connectivity index (χ4n) is 2.30. The van der Waals surface area contributed by atoms with E-state index in [1.165, 1.54) is 31.2 Å². The molecule has 3 aromatic rings. The van der Waals surface area contributed by atoms with Crippen LogP contribution >= 0.6 is 0 Å². The van der Waals surface area contributed by atoms with Crippen LogP contribution in [0.5, 0.6) is 0 Å². The summed E-state index contributed by atoms with van der Waals surface area (Å²) in [5.41, 5.74) is 1.08. The number of aromatic nitrogens is 1. The Morgan fingerprint density at radius 1 is 1.00 bits per heavy atom. The number of para-hydroxylation sites is 1. The molecule has 0 saturated carbocycles. The number of Topliss-reactive ketones (excluding diaryl/α,β-unsaturated/α-hetero) is 1. The van der Waals surface area contributed by atoms with Crippen LogP contribution in [0.2, 0.25) is 0 Å². The van der Waals surface area contributed by atoms with Gasteiger partial charge in [0.15, 0.2) is 6.10 Å². The molecule has 2 aromatic carbocycles. The van der Waals surface area contributed by atoms with Crippen LogP contribution < -0.4 is 0 Å². The molecule has 24 heavy (non-hydrogen) atoms. The van der Waals surface area contributed by atoms with Crippen molar-refractivity contribution in [1.82, 2.24) is 4.98 Å². The first-order valence-corrected chi connectivity index (χ1v) is 7.41.